The number of alkyl halides is 1. The van der Waals surface area contributed by atoms with E-state index >= 15 is 0 Å². The van der Waals surface area contributed by atoms with Crippen molar-refractivity contribution >= 4 is 22.6 Å². The molecule has 0 amide bonds. The Labute approximate surface area is 115 Å². The molecular weight excluding hydrogens is 270 g/mol. The molecule has 1 aromatic heterocycles. The first-order chi connectivity index (χ1) is 9.08. The lowest BCUT2D eigenvalue weighted by Crippen LogP contribution is -2.09. The Balaban J connectivity index is 2.28. The number of halogens is 3. The monoisotopic (exact) mass is 284 g/mol. The van der Waals surface area contributed by atoms with Crippen LogP contribution in [0.1, 0.15) is 49.9 Å². The second-order valence-electron chi connectivity index (χ2n) is 5.15. The van der Waals surface area contributed by atoms with E-state index in [-0.39, 0.29) is 16.9 Å². The van der Waals surface area contributed by atoms with E-state index in [2.05, 4.69) is 4.98 Å². The predicted molar refractivity (Wildman–Crippen MR) is 71.4 cm³/mol. The molecular formula is C14H15ClF2N2. The molecule has 1 heterocycles. The molecule has 0 bridgehead atoms. The maximum atomic E-state index is 13.8. The molecule has 0 N–H and O–H groups in total. The van der Waals surface area contributed by atoms with Gasteiger partial charge in [-0.1, -0.05) is 12.8 Å². The zero-order valence-corrected chi connectivity index (χ0v) is 11.4. The number of hydrogen-bond acceptors (Lipinski definition) is 1. The zero-order valence-electron chi connectivity index (χ0n) is 10.7. The smallest absolute Gasteiger partial charge is 0.153 e. The van der Waals surface area contributed by atoms with Crippen molar-refractivity contribution in [1.82, 2.24) is 9.55 Å². The summed E-state index contributed by atoms with van der Waals surface area (Å²) in [5, 5.41) is -0.324. The average Bonchev–Trinajstić information content (AvgIpc) is 2.93. The van der Waals surface area contributed by atoms with E-state index in [1.807, 2.05) is 11.5 Å². The molecule has 1 aliphatic rings. The third-order valence-corrected chi connectivity index (χ3v) is 3.98. The minimum atomic E-state index is -0.620. The normalized spacial score (nSPS) is 18.3. The molecule has 5 heteroatoms. The first kappa shape index (κ1) is 12.9. The van der Waals surface area contributed by atoms with Crippen molar-refractivity contribution in [2.24, 2.45) is 0 Å². The minimum Gasteiger partial charge on any atom is -0.323 e. The van der Waals surface area contributed by atoms with Crippen molar-refractivity contribution in [1.29, 1.82) is 0 Å². The standard InChI is InChI=1S/C14H15ClF2N2/c1-8(15)14-18-13-11(17)6-9(16)7-12(13)19(14)10-4-2-3-5-10/h6-8,10H,2-5H2,1H3. The number of benzene rings is 1. The van der Waals surface area contributed by atoms with E-state index in [0.29, 0.717) is 11.3 Å². The molecule has 1 fully saturated rings. The molecule has 1 aromatic carbocycles. The van der Waals surface area contributed by atoms with Gasteiger partial charge in [-0.3, -0.25) is 0 Å². The highest BCUT2D eigenvalue weighted by Crippen LogP contribution is 2.37. The van der Waals surface area contributed by atoms with Gasteiger partial charge in [-0.25, -0.2) is 13.8 Å². The molecule has 1 unspecified atom stereocenters. The first-order valence-electron chi connectivity index (χ1n) is 6.59. The number of imidazole rings is 1. The van der Waals surface area contributed by atoms with E-state index < -0.39 is 11.6 Å². The number of rotatable bonds is 2. The number of fused-ring (bicyclic) bond motifs is 1. The molecule has 0 spiro atoms. The largest absolute Gasteiger partial charge is 0.323 e. The van der Waals surface area contributed by atoms with E-state index in [9.17, 15) is 8.78 Å². The molecule has 2 nitrogen and oxygen atoms in total. The third-order valence-electron chi connectivity index (χ3n) is 3.79. The van der Waals surface area contributed by atoms with Crippen molar-refractivity contribution in [2.45, 2.75) is 44.0 Å². The SMILES string of the molecule is CC(Cl)c1nc2c(F)cc(F)cc2n1C1CCCC1. The van der Waals surface area contributed by atoms with Crippen molar-refractivity contribution < 1.29 is 8.78 Å². The Bertz CT molecular complexity index is 615. The van der Waals surface area contributed by atoms with Gasteiger partial charge in [-0.2, -0.15) is 0 Å². The van der Waals surface area contributed by atoms with Gasteiger partial charge < -0.3 is 4.57 Å². The summed E-state index contributed by atoms with van der Waals surface area (Å²) < 4.78 is 29.2. The summed E-state index contributed by atoms with van der Waals surface area (Å²) in [4.78, 5) is 4.29. The summed E-state index contributed by atoms with van der Waals surface area (Å²) >= 11 is 6.15. The number of nitrogens with zero attached hydrogens (tertiary/aromatic N) is 2. The van der Waals surface area contributed by atoms with Gasteiger partial charge in [0.2, 0.25) is 0 Å². The van der Waals surface area contributed by atoms with Gasteiger partial charge in [0.1, 0.15) is 17.2 Å². The first-order valence-corrected chi connectivity index (χ1v) is 7.02. The summed E-state index contributed by atoms with van der Waals surface area (Å²) in [6.45, 7) is 1.81. The van der Waals surface area contributed by atoms with Gasteiger partial charge in [-0.05, 0) is 25.8 Å². The van der Waals surface area contributed by atoms with E-state index in [0.717, 1.165) is 31.7 Å². The van der Waals surface area contributed by atoms with Crippen LogP contribution >= 0.6 is 11.6 Å². The van der Waals surface area contributed by atoms with Crippen LogP contribution in [0, 0.1) is 11.6 Å². The van der Waals surface area contributed by atoms with Gasteiger partial charge in [0, 0.05) is 12.1 Å². The Kier molecular flexibility index (Phi) is 3.21. The van der Waals surface area contributed by atoms with Crippen LogP contribution in [0.4, 0.5) is 8.78 Å². The maximum Gasteiger partial charge on any atom is 0.153 e. The summed E-state index contributed by atoms with van der Waals surface area (Å²) in [7, 11) is 0. The minimum absolute atomic E-state index is 0.218. The molecule has 19 heavy (non-hydrogen) atoms. The second-order valence-corrected chi connectivity index (χ2v) is 5.80. The molecule has 1 saturated carbocycles. The third kappa shape index (κ3) is 2.12. The topological polar surface area (TPSA) is 17.8 Å². The highest BCUT2D eigenvalue weighted by molar-refractivity contribution is 6.20. The van der Waals surface area contributed by atoms with Crippen molar-refractivity contribution in [3.8, 4) is 0 Å². The van der Waals surface area contributed by atoms with Gasteiger partial charge in [0.25, 0.3) is 0 Å². The zero-order chi connectivity index (χ0) is 13.6. The highest BCUT2D eigenvalue weighted by atomic mass is 35.5. The summed E-state index contributed by atoms with van der Waals surface area (Å²) in [6, 6.07) is 2.48. The van der Waals surface area contributed by atoms with Gasteiger partial charge in [0.05, 0.1) is 10.9 Å². The molecule has 0 aliphatic heterocycles. The fourth-order valence-corrected chi connectivity index (χ4v) is 3.12. The van der Waals surface area contributed by atoms with Crippen LogP contribution in [0.25, 0.3) is 11.0 Å². The van der Waals surface area contributed by atoms with Crippen molar-refractivity contribution in [3.63, 3.8) is 0 Å². The molecule has 102 valence electrons. The average molecular weight is 285 g/mol. The quantitative estimate of drug-likeness (QED) is 0.729. The van der Waals surface area contributed by atoms with E-state index in [1.54, 1.807) is 0 Å². The fraction of sp³-hybridized carbons (Fsp3) is 0.500. The Morgan fingerprint density at radius 3 is 2.63 bits per heavy atom. The molecule has 0 radical (unpaired) electrons. The molecule has 3 rings (SSSR count). The lowest BCUT2D eigenvalue weighted by Gasteiger charge is -2.17. The summed E-state index contributed by atoms with van der Waals surface area (Å²) in [5.41, 5.74) is 0.739. The maximum absolute atomic E-state index is 13.8. The molecule has 2 aromatic rings. The van der Waals surface area contributed by atoms with Crippen molar-refractivity contribution in [2.75, 3.05) is 0 Å². The predicted octanol–water partition coefficient (Wildman–Crippen LogP) is 4.73. The number of hydrogen-bond donors (Lipinski definition) is 0. The summed E-state index contributed by atoms with van der Waals surface area (Å²) in [6.07, 6.45) is 4.30. The van der Waals surface area contributed by atoms with Crippen LogP contribution in [0.15, 0.2) is 12.1 Å². The Morgan fingerprint density at radius 2 is 2.00 bits per heavy atom. The van der Waals surface area contributed by atoms with Crippen LogP contribution in [0.3, 0.4) is 0 Å². The molecule has 1 atom stereocenters. The van der Waals surface area contributed by atoms with Gasteiger partial charge in [-0.15, -0.1) is 11.6 Å². The summed E-state index contributed by atoms with van der Waals surface area (Å²) in [5.74, 6) is -0.559. The van der Waals surface area contributed by atoms with Gasteiger partial charge in [0.15, 0.2) is 5.82 Å². The van der Waals surface area contributed by atoms with E-state index in [1.165, 1.54) is 6.07 Å². The van der Waals surface area contributed by atoms with Crippen LogP contribution in [-0.2, 0) is 0 Å². The highest BCUT2D eigenvalue weighted by Gasteiger charge is 2.25. The lowest BCUT2D eigenvalue weighted by atomic mass is 10.2. The number of aromatic nitrogens is 2. The molecule has 0 saturated heterocycles. The lowest BCUT2D eigenvalue weighted by molar-refractivity contribution is 0.509. The van der Waals surface area contributed by atoms with Crippen LogP contribution < -0.4 is 0 Å². The van der Waals surface area contributed by atoms with Crippen LogP contribution in [0.5, 0.6) is 0 Å². The van der Waals surface area contributed by atoms with Crippen LogP contribution in [0.2, 0.25) is 0 Å². The Morgan fingerprint density at radius 1 is 1.32 bits per heavy atom. The fourth-order valence-electron chi connectivity index (χ4n) is 2.97. The van der Waals surface area contributed by atoms with Gasteiger partial charge >= 0.3 is 0 Å². The molecule has 1 aliphatic carbocycles. The van der Waals surface area contributed by atoms with E-state index in [4.69, 9.17) is 11.6 Å². The van der Waals surface area contributed by atoms with Crippen molar-refractivity contribution in [3.05, 3.63) is 29.6 Å². The van der Waals surface area contributed by atoms with Crippen LogP contribution in [-0.4, -0.2) is 9.55 Å². The Hall–Kier alpha value is -1.16. The second kappa shape index (κ2) is 4.75.